The van der Waals surface area contributed by atoms with Crippen molar-refractivity contribution in [3.05, 3.63) is 16.1 Å². The van der Waals surface area contributed by atoms with Crippen LogP contribution in [0.5, 0.6) is 0 Å². The minimum Gasteiger partial charge on any atom is -0.396 e. The van der Waals surface area contributed by atoms with Gasteiger partial charge in [0.05, 0.1) is 16.6 Å². The number of likely N-dealkylation sites (tertiary alicyclic amines) is 1. The fourth-order valence-electron chi connectivity index (χ4n) is 2.37. The van der Waals surface area contributed by atoms with Gasteiger partial charge in [-0.1, -0.05) is 0 Å². The van der Waals surface area contributed by atoms with Crippen LogP contribution in [0.3, 0.4) is 0 Å². The Kier molecular flexibility index (Phi) is 5.89. The lowest BCUT2D eigenvalue weighted by molar-refractivity contribution is 0.131. The number of hydrogen-bond donors (Lipinski definition) is 1. The van der Waals surface area contributed by atoms with Crippen molar-refractivity contribution in [1.29, 1.82) is 0 Å². The van der Waals surface area contributed by atoms with Crippen LogP contribution in [0.4, 0.5) is 0 Å². The highest BCUT2D eigenvalue weighted by molar-refractivity contribution is 7.09. The summed E-state index contributed by atoms with van der Waals surface area (Å²) in [5.74, 6) is 1.05. The van der Waals surface area contributed by atoms with E-state index < -0.39 is 0 Å². The fourth-order valence-corrected chi connectivity index (χ4v) is 3.44. The molecular formula is C13H21ClN2OS. The van der Waals surface area contributed by atoms with Crippen molar-refractivity contribution >= 4 is 22.9 Å². The molecule has 1 aliphatic heterocycles. The summed E-state index contributed by atoms with van der Waals surface area (Å²) in [6, 6.07) is 0. The van der Waals surface area contributed by atoms with Crippen LogP contribution in [0, 0.1) is 5.92 Å². The van der Waals surface area contributed by atoms with Crippen LogP contribution >= 0.6 is 22.9 Å². The summed E-state index contributed by atoms with van der Waals surface area (Å²) in [5, 5.41) is 12.3. The van der Waals surface area contributed by atoms with E-state index in [9.17, 15) is 0 Å². The highest BCUT2D eigenvalue weighted by Gasteiger charge is 2.17. The van der Waals surface area contributed by atoms with E-state index >= 15 is 0 Å². The van der Waals surface area contributed by atoms with Gasteiger partial charge >= 0.3 is 0 Å². The normalized spacial score (nSPS) is 18.3. The number of aryl methyl sites for hydroxylation is 1. The van der Waals surface area contributed by atoms with Crippen molar-refractivity contribution in [2.24, 2.45) is 5.92 Å². The summed E-state index contributed by atoms with van der Waals surface area (Å²) in [6.45, 7) is 3.77. The minimum atomic E-state index is 0.355. The minimum absolute atomic E-state index is 0.355. The molecule has 0 atom stereocenters. The molecule has 1 aromatic rings. The Morgan fingerprint density at radius 3 is 2.83 bits per heavy atom. The van der Waals surface area contributed by atoms with Gasteiger partial charge in [0.15, 0.2) is 0 Å². The van der Waals surface area contributed by atoms with Gasteiger partial charge in [-0.3, -0.25) is 0 Å². The number of aliphatic hydroxyl groups is 1. The SMILES string of the molecule is OCC1CCN(CCCc2nc(CCl)cs2)CC1. The number of hydrogen-bond acceptors (Lipinski definition) is 4. The van der Waals surface area contributed by atoms with Gasteiger partial charge in [-0.2, -0.15) is 0 Å². The summed E-state index contributed by atoms with van der Waals surface area (Å²) >= 11 is 7.46. The Bertz CT molecular complexity index is 351. The lowest BCUT2D eigenvalue weighted by atomic mass is 9.98. The van der Waals surface area contributed by atoms with Crippen molar-refractivity contribution in [3.8, 4) is 0 Å². The summed E-state index contributed by atoms with van der Waals surface area (Å²) in [4.78, 5) is 6.97. The van der Waals surface area contributed by atoms with E-state index in [1.165, 1.54) is 11.4 Å². The molecule has 2 rings (SSSR count). The molecular weight excluding hydrogens is 268 g/mol. The maximum absolute atomic E-state index is 9.09. The number of aliphatic hydroxyl groups excluding tert-OH is 1. The standard InChI is InChI=1S/C13H21ClN2OS/c14-8-12-10-18-13(15-12)2-1-5-16-6-3-11(9-17)4-7-16/h10-11,17H,1-9H2. The van der Waals surface area contributed by atoms with Gasteiger partial charge in [-0.25, -0.2) is 4.98 Å². The number of alkyl halides is 1. The maximum Gasteiger partial charge on any atom is 0.0929 e. The molecule has 0 spiro atoms. The topological polar surface area (TPSA) is 36.4 Å². The fraction of sp³-hybridized carbons (Fsp3) is 0.769. The number of nitrogens with zero attached hydrogens (tertiary/aromatic N) is 2. The Morgan fingerprint density at radius 1 is 1.44 bits per heavy atom. The molecule has 1 aliphatic rings. The first-order chi connectivity index (χ1) is 8.81. The first-order valence-electron chi connectivity index (χ1n) is 6.64. The third-order valence-corrected chi connectivity index (χ3v) is 4.80. The second-order valence-electron chi connectivity index (χ2n) is 4.94. The number of halogens is 1. The van der Waals surface area contributed by atoms with Crippen molar-refractivity contribution in [1.82, 2.24) is 9.88 Å². The number of aromatic nitrogens is 1. The monoisotopic (exact) mass is 288 g/mol. The van der Waals surface area contributed by atoms with Crippen molar-refractivity contribution < 1.29 is 5.11 Å². The largest absolute Gasteiger partial charge is 0.396 e. The molecule has 0 unspecified atom stereocenters. The quantitative estimate of drug-likeness (QED) is 0.817. The molecule has 1 aromatic heterocycles. The third kappa shape index (κ3) is 4.19. The molecule has 1 fully saturated rings. The number of rotatable bonds is 6. The average Bonchev–Trinajstić information content (AvgIpc) is 2.87. The van der Waals surface area contributed by atoms with Gasteiger partial charge in [-0.05, 0) is 44.8 Å². The smallest absolute Gasteiger partial charge is 0.0929 e. The van der Waals surface area contributed by atoms with E-state index in [1.807, 2.05) is 0 Å². The zero-order valence-corrected chi connectivity index (χ0v) is 12.2. The van der Waals surface area contributed by atoms with Crippen LogP contribution in [0.25, 0.3) is 0 Å². The first kappa shape index (κ1) is 14.3. The molecule has 0 amide bonds. The van der Waals surface area contributed by atoms with Gasteiger partial charge < -0.3 is 10.0 Å². The van der Waals surface area contributed by atoms with Gasteiger partial charge in [0.1, 0.15) is 0 Å². The van der Waals surface area contributed by atoms with E-state index in [4.69, 9.17) is 16.7 Å². The maximum atomic E-state index is 9.09. The van der Waals surface area contributed by atoms with E-state index in [2.05, 4.69) is 15.3 Å². The lowest BCUT2D eigenvalue weighted by Gasteiger charge is -2.30. The van der Waals surface area contributed by atoms with Crippen LogP contribution in [0.2, 0.25) is 0 Å². The molecule has 5 heteroatoms. The summed E-state index contributed by atoms with van der Waals surface area (Å²) in [5.41, 5.74) is 1.00. The van der Waals surface area contributed by atoms with Crippen LogP contribution in [-0.2, 0) is 12.3 Å². The molecule has 0 aliphatic carbocycles. The lowest BCUT2D eigenvalue weighted by Crippen LogP contribution is -2.35. The predicted molar refractivity (Wildman–Crippen MR) is 76.2 cm³/mol. The molecule has 0 radical (unpaired) electrons. The molecule has 0 aromatic carbocycles. The Balaban J connectivity index is 1.63. The number of piperidine rings is 1. The molecule has 1 saturated heterocycles. The summed E-state index contributed by atoms with van der Waals surface area (Å²) in [6.07, 6.45) is 4.51. The van der Waals surface area contributed by atoms with Crippen molar-refractivity contribution in [3.63, 3.8) is 0 Å². The second-order valence-corrected chi connectivity index (χ2v) is 6.15. The summed E-state index contributed by atoms with van der Waals surface area (Å²) in [7, 11) is 0. The Morgan fingerprint density at radius 2 is 2.22 bits per heavy atom. The summed E-state index contributed by atoms with van der Waals surface area (Å²) < 4.78 is 0. The molecule has 18 heavy (non-hydrogen) atoms. The van der Waals surface area contributed by atoms with E-state index in [1.54, 1.807) is 11.3 Å². The third-order valence-electron chi connectivity index (χ3n) is 3.57. The van der Waals surface area contributed by atoms with Gasteiger partial charge in [0.25, 0.3) is 0 Å². The van der Waals surface area contributed by atoms with Crippen LogP contribution < -0.4 is 0 Å². The van der Waals surface area contributed by atoms with Crippen LogP contribution in [0.15, 0.2) is 5.38 Å². The van der Waals surface area contributed by atoms with Gasteiger partial charge in [-0.15, -0.1) is 22.9 Å². The van der Waals surface area contributed by atoms with Crippen LogP contribution in [-0.4, -0.2) is 41.2 Å². The molecule has 1 N–H and O–H groups in total. The average molecular weight is 289 g/mol. The molecule has 102 valence electrons. The van der Waals surface area contributed by atoms with E-state index in [-0.39, 0.29) is 0 Å². The molecule has 2 heterocycles. The van der Waals surface area contributed by atoms with E-state index in [0.717, 1.165) is 44.6 Å². The second kappa shape index (κ2) is 7.43. The highest BCUT2D eigenvalue weighted by atomic mass is 35.5. The van der Waals surface area contributed by atoms with Gasteiger partial charge in [0, 0.05) is 18.4 Å². The first-order valence-corrected chi connectivity index (χ1v) is 8.05. The zero-order chi connectivity index (χ0) is 12.8. The Hall–Kier alpha value is -0.160. The van der Waals surface area contributed by atoms with Crippen molar-refractivity contribution in [2.75, 3.05) is 26.2 Å². The van der Waals surface area contributed by atoms with Gasteiger partial charge in [0.2, 0.25) is 0 Å². The molecule has 0 saturated carbocycles. The van der Waals surface area contributed by atoms with E-state index in [0.29, 0.717) is 18.4 Å². The van der Waals surface area contributed by atoms with Crippen LogP contribution in [0.1, 0.15) is 30.0 Å². The zero-order valence-electron chi connectivity index (χ0n) is 10.6. The highest BCUT2D eigenvalue weighted by Crippen LogP contribution is 2.17. The molecule has 0 bridgehead atoms. The predicted octanol–water partition coefficient (Wildman–Crippen LogP) is 2.52. The Labute approximate surface area is 118 Å². The molecule has 3 nitrogen and oxygen atoms in total. The van der Waals surface area contributed by atoms with Crippen molar-refractivity contribution in [2.45, 2.75) is 31.6 Å². The number of thiazole rings is 1.